The molecular weight excluding hydrogens is 356 g/mol. The molecule has 140 valence electrons. The number of fused-ring (bicyclic) bond motifs is 5. The van der Waals surface area contributed by atoms with Gasteiger partial charge in [-0.25, -0.2) is 8.42 Å². The zero-order valence-electron chi connectivity index (χ0n) is 14.7. The van der Waals surface area contributed by atoms with Gasteiger partial charge in [-0.05, 0) is 48.9 Å². The molecule has 2 fully saturated rings. The molecule has 0 aromatic heterocycles. The van der Waals surface area contributed by atoms with E-state index < -0.39 is 10.0 Å². The third-order valence-electron chi connectivity index (χ3n) is 6.21. The number of ether oxygens (including phenoxy) is 2. The number of amides is 1. The summed E-state index contributed by atoms with van der Waals surface area (Å²) in [4.78, 5) is 15.1. The van der Waals surface area contributed by atoms with Crippen LogP contribution in [0.2, 0.25) is 0 Å². The predicted octanol–water partition coefficient (Wildman–Crippen LogP) is 1.29. The Labute approximate surface area is 152 Å². The Morgan fingerprint density at radius 1 is 1.15 bits per heavy atom. The Balaban J connectivity index is 1.56. The molecule has 3 atom stereocenters. The predicted molar refractivity (Wildman–Crippen MR) is 93.4 cm³/mol. The molecule has 0 N–H and O–H groups in total. The van der Waals surface area contributed by atoms with Crippen LogP contribution in [0.4, 0.5) is 0 Å². The Morgan fingerprint density at radius 2 is 1.92 bits per heavy atom. The maximum atomic E-state index is 13.2. The van der Waals surface area contributed by atoms with Crippen LogP contribution in [0.5, 0.6) is 11.5 Å². The largest absolute Gasteiger partial charge is 0.454 e. The van der Waals surface area contributed by atoms with Gasteiger partial charge in [0.05, 0.1) is 18.2 Å². The minimum Gasteiger partial charge on any atom is -0.454 e. The molecule has 26 heavy (non-hydrogen) atoms. The molecule has 3 unspecified atom stereocenters. The van der Waals surface area contributed by atoms with Crippen molar-refractivity contribution in [3.05, 3.63) is 23.3 Å². The fraction of sp³-hybridized carbons (Fsp3) is 0.611. The zero-order valence-corrected chi connectivity index (χ0v) is 15.5. The summed E-state index contributed by atoms with van der Waals surface area (Å²) in [5.41, 5.74) is 2.25. The molecule has 0 aliphatic carbocycles. The van der Waals surface area contributed by atoms with Gasteiger partial charge in [0.25, 0.3) is 0 Å². The Hall–Kier alpha value is -1.80. The molecule has 0 spiro atoms. The van der Waals surface area contributed by atoms with Crippen LogP contribution in [0.25, 0.3) is 0 Å². The average Bonchev–Trinajstić information content (AvgIpc) is 3.06. The number of rotatable bonds is 1. The number of carbonyl (C=O) groups is 1. The van der Waals surface area contributed by atoms with Crippen LogP contribution in [0, 0.1) is 5.92 Å². The van der Waals surface area contributed by atoms with Crippen molar-refractivity contribution >= 4 is 15.9 Å². The SMILES string of the molecule is CS(=O)(=O)N1CCCC2C(=O)N3CCc4cc5c(cc4C3CC21)OCO5. The summed E-state index contributed by atoms with van der Waals surface area (Å²) in [5.74, 6) is 1.35. The first kappa shape index (κ1) is 16.4. The highest BCUT2D eigenvalue weighted by Gasteiger charge is 2.49. The fourth-order valence-corrected chi connectivity index (χ4v) is 6.24. The molecule has 7 nitrogen and oxygen atoms in total. The third-order valence-corrected chi connectivity index (χ3v) is 7.52. The Morgan fingerprint density at radius 3 is 2.69 bits per heavy atom. The minimum absolute atomic E-state index is 0.0932. The molecule has 1 aromatic rings. The van der Waals surface area contributed by atoms with E-state index >= 15 is 0 Å². The molecule has 0 radical (unpaired) electrons. The van der Waals surface area contributed by atoms with Gasteiger partial charge in [0.2, 0.25) is 22.7 Å². The number of hydrogen-bond donors (Lipinski definition) is 0. The summed E-state index contributed by atoms with van der Waals surface area (Å²) >= 11 is 0. The lowest BCUT2D eigenvalue weighted by Gasteiger charge is -2.50. The van der Waals surface area contributed by atoms with E-state index in [1.165, 1.54) is 11.8 Å². The van der Waals surface area contributed by atoms with Crippen molar-refractivity contribution < 1.29 is 22.7 Å². The molecule has 8 heteroatoms. The van der Waals surface area contributed by atoms with Crippen LogP contribution in [0.15, 0.2) is 12.1 Å². The van der Waals surface area contributed by atoms with Gasteiger partial charge in [0.15, 0.2) is 11.5 Å². The van der Waals surface area contributed by atoms with Crippen molar-refractivity contribution in [1.82, 2.24) is 9.21 Å². The monoisotopic (exact) mass is 378 g/mol. The van der Waals surface area contributed by atoms with Gasteiger partial charge in [-0.2, -0.15) is 4.31 Å². The highest BCUT2D eigenvalue weighted by atomic mass is 32.2. The summed E-state index contributed by atoms with van der Waals surface area (Å²) in [6.45, 7) is 1.41. The lowest BCUT2D eigenvalue weighted by molar-refractivity contribution is -0.147. The summed E-state index contributed by atoms with van der Waals surface area (Å²) in [6.07, 6.45) is 4.21. The van der Waals surface area contributed by atoms with Crippen molar-refractivity contribution in [2.45, 2.75) is 37.8 Å². The van der Waals surface area contributed by atoms with E-state index in [2.05, 4.69) is 0 Å². The molecule has 4 aliphatic heterocycles. The molecule has 0 saturated carbocycles. The zero-order chi connectivity index (χ0) is 18.1. The van der Waals surface area contributed by atoms with Gasteiger partial charge in [0, 0.05) is 19.1 Å². The number of hydrogen-bond acceptors (Lipinski definition) is 5. The van der Waals surface area contributed by atoms with Gasteiger partial charge in [-0.3, -0.25) is 4.79 Å². The van der Waals surface area contributed by atoms with E-state index in [9.17, 15) is 13.2 Å². The summed E-state index contributed by atoms with van der Waals surface area (Å²) in [5, 5.41) is 0. The van der Waals surface area contributed by atoms with Crippen molar-refractivity contribution in [3.8, 4) is 11.5 Å². The van der Waals surface area contributed by atoms with E-state index in [1.807, 2.05) is 17.0 Å². The summed E-state index contributed by atoms with van der Waals surface area (Å²) < 4.78 is 37.1. The normalized spacial score (nSPS) is 30.6. The molecular formula is C18H22N2O5S. The summed E-state index contributed by atoms with van der Waals surface area (Å²) in [6, 6.07) is 3.66. The fourth-order valence-electron chi connectivity index (χ4n) is 5.06. The lowest BCUT2D eigenvalue weighted by atomic mass is 9.77. The number of nitrogens with zero attached hydrogens (tertiary/aromatic N) is 2. The van der Waals surface area contributed by atoms with E-state index in [4.69, 9.17) is 9.47 Å². The van der Waals surface area contributed by atoms with Gasteiger partial charge in [-0.15, -0.1) is 0 Å². The van der Waals surface area contributed by atoms with Gasteiger partial charge in [-0.1, -0.05) is 0 Å². The van der Waals surface area contributed by atoms with Crippen molar-refractivity contribution in [3.63, 3.8) is 0 Å². The van der Waals surface area contributed by atoms with Crippen molar-refractivity contribution in [2.75, 3.05) is 26.1 Å². The van der Waals surface area contributed by atoms with E-state index in [-0.39, 0.29) is 30.7 Å². The molecule has 0 bridgehead atoms. The van der Waals surface area contributed by atoms with Crippen LogP contribution in [0.1, 0.15) is 36.4 Å². The van der Waals surface area contributed by atoms with E-state index in [0.29, 0.717) is 25.3 Å². The average molecular weight is 378 g/mol. The molecule has 5 rings (SSSR count). The second kappa shape index (κ2) is 5.60. The van der Waals surface area contributed by atoms with Crippen LogP contribution >= 0.6 is 0 Å². The number of sulfonamides is 1. The highest BCUT2D eigenvalue weighted by Crippen LogP contribution is 2.47. The third kappa shape index (κ3) is 2.35. The second-order valence-electron chi connectivity index (χ2n) is 7.63. The first-order valence-corrected chi connectivity index (χ1v) is 11.0. The highest BCUT2D eigenvalue weighted by molar-refractivity contribution is 7.88. The Bertz CT molecular complexity index is 884. The summed E-state index contributed by atoms with van der Waals surface area (Å²) in [7, 11) is -3.33. The van der Waals surface area contributed by atoms with Crippen LogP contribution < -0.4 is 9.47 Å². The Kier molecular flexibility index (Phi) is 3.53. The minimum atomic E-state index is -3.33. The first-order chi connectivity index (χ1) is 12.4. The molecule has 1 amide bonds. The second-order valence-corrected chi connectivity index (χ2v) is 9.56. The van der Waals surface area contributed by atoms with Gasteiger partial charge >= 0.3 is 0 Å². The topological polar surface area (TPSA) is 76.2 Å². The van der Waals surface area contributed by atoms with Gasteiger partial charge < -0.3 is 14.4 Å². The number of benzene rings is 1. The molecule has 4 aliphatic rings. The van der Waals surface area contributed by atoms with Crippen LogP contribution in [0.3, 0.4) is 0 Å². The van der Waals surface area contributed by atoms with Crippen molar-refractivity contribution in [2.24, 2.45) is 5.92 Å². The molecule has 1 aromatic carbocycles. The van der Waals surface area contributed by atoms with E-state index in [0.717, 1.165) is 30.6 Å². The van der Waals surface area contributed by atoms with Crippen molar-refractivity contribution in [1.29, 1.82) is 0 Å². The van der Waals surface area contributed by atoms with Crippen LogP contribution in [-0.2, 0) is 21.2 Å². The van der Waals surface area contributed by atoms with Gasteiger partial charge in [0.1, 0.15) is 0 Å². The maximum absolute atomic E-state index is 13.2. The molecule has 2 saturated heterocycles. The quantitative estimate of drug-likeness (QED) is 0.736. The smallest absolute Gasteiger partial charge is 0.231 e. The van der Waals surface area contributed by atoms with E-state index in [1.54, 1.807) is 4.31 Å². The standard InChI is InChI=1S/C18H22N2O5S/c1-26(22,23)20-5-2-3-12-15(20)9-14-13-8-17-16(24-10-25-17)7-11(13)4-6-19(14)18(12)21/h7-8,12,14-15H,2-6,9-10H2,1H3. The molecule has 4 heterocycles. The maximum Gasteiger partial charge on any atom is 0.231 e. The number of carbonyl (C=O) groups excluding carboxylic acids is 1. The van der Waals surface area contributed by atoms with Crippen LogP contribution in [-0.4, -0.2) is 55.7 Å². The first-order valence-electron chi connectivity index (χ1n) is 9.13. The number of piperidine rings is 2. The lowest BCUT2D eigenvalue weighted by Crippen LogP contribution is -2.59.